The number of ketones is 1. The molecule has 2 heterocycles. The van der Waals surface area contributed by atoms with Crippen LogP contribution >= 0.6 is 0 Å². The SMILES string of the molecule is CC1CN2CCCC2CN1CC(=O)c1ccc(O)cc1. The summed E-state index contributed by atoms with van der Waals surface area (Å²) in [5.74, 6) is 0.345. The Hall–Kier alpha value is -1.39. The summed E-state index contributed by atoms with van der Waals surface area (Å²) in [4.78, 5) is 17.2. The van der Waals surface area contributed by atoms with E-state index in [2.05, 4.69) is 16.7 Å². The van der Waals surface area contributed by atoms with Gasteiger partial charge in [-0.3, -0.25) is 14.6 Å². The van der Waals surface area contributed by atoms with Gasteiger partial charge in [-0.15, -0.1) is 0 Å². The van der Waals surface area contributed by atoms with E-state index in [9.17, 15) is 9.90 Å². The van der Waals surface area contributed by atoms with E-state index in [1.54, 1.807) is 24.3 Å². The summed E-state index contributed by atoms with van der Waals surface area (Å²) in [6, 6.07) is 7.63. The van der Waals surface area contributed by atoms with E-state index in [0.717, 1.165) is 13.1 Å². The van der Waals surface area contributed by atoms with Crippen molar-refractivity contribution in [2.24, 2.45) is 0 Å². The van der Waals surface area contributed by atoms with Crippen molar-refractivity contribution in [3.63, 3.8) is 0 Å². The molecule has 2 saturated heterocycles. The number of benzene rings is 1. The van der Waals surface area contributed by atoms with Crippen molar-refractivity contribution in [1.82, 2.24) is 9.80 Å². The third-order valence-electron chi connectivity index (χ3n) is 4.60. The maximum atomic E-state index is 12.3. The summed E-state index contributed by atoms with van der Waals surface area (Å²) in [6.45, 7) is 5.99. The maximum Gasteiger partial charge on any atom is 0.176 e. The Labute approximate surface area is 120 Å². The molecule has 20 heavy (non-hydrogen) atoms. The van der Waals surface area contributed by atoms with Gasteiger partial charge in [-0.2, -0.15) is 0 Å². The molecule has 2 atom stereocenters. The number of hydrogen-bond donors (Lipinski definition) is 1. The van der Waals surface area contributed by atoms with Gasteiger partial charge in [0.05, 0.1) is 6.54 Å². The number of hydrogen-bond acceptors (Lipinski definition) is 4. The molecule has 2 aliphatic heterocycles. The lowest BCUT2D eigenvalue weighted by Gasteiger charge is -2.42. The van der Waals surface area contributed by atoms with E-state index in [1.807, 2.05) is 0 Å². The first-order chi connectivity index (χ1) is 9.63. The smallest absolute Gasteiger partial charge is 0.176 e. The van der Waals surface area contributed by atoms with E-state index in [-0.39, 0.29) is 11.5 Å². The number of aromatic hydroxyl groups is 1. The molecule has 2 aliphatic rings. The highest BCUT2D eigenvalue weighted by Gasteiger charge is 2.34. The van der Waals surface area contributed by atoms with Gasteiger partial charge in [-0.1, -0.05) is 0 Å². The van der Waals surface area contributed by atoms with Gasteiger partial charge in [-0.25, -0.2) is 0 Å². The van der Waals surface area contributed by atoms with E-state index in [4.69, 9.17) is 0 Å². The summed E-state index contributed by atoms with van der Waals surface area (Å²) in [5.41, 5.74) is 0.684. The van der Waals surface area contributed by atoms with E-state index < -0.39 is 0 Å². The molecule has 0 aromatic heterocycles. The number of piperazine rings is 1. The van der Waals surface area contributed by atoms with Crippen molar-refractivity contribution < 1.29 is 9.90 Å². The Balaban J connectivity index is 1.64. The molecule has 108 valence electrons. The number of fused-ring (bicyclic) bond motifs is 1. The summed E-state index contributed by atoms with van der Waals surface area (Å²) in [5, 5.41) is 9.28. The van der Waals surface area contributed by atoms with Crippen LogP contribution < -0.4 is 0 Å². The Kier molecular flexibility index (Phi) is 3.76. The van der Waals surface area contributed by atoms with Gasteiger partial charge in [0.1, 0.15) is 5.75 Å². The van der Waals surface area contributed by atoms with Crippen LogP contribution in [0.15, 0.2) is 24.3 Å². The van der Waals surface area contributed by atoms with Gasteiger partial charge in [0, 0.05) is 30.7 Å². The van der Waals surface area contributed by atoms with Crippen molar-refractivity contribution in [3.8, 4) is 5.75 Å². The molecule has 2 unspecified atom stereocenters. The minimum atomic E-state index is 0.142. The predicted molar refractivity (Wildman–Crippen MR) is 78.1 cm³/mol. The molecular weight excluding hydrogens is 252 g/mol. The number of carbonyl (C=O) groups is 1. The molecule has 0 amide bonds. The number of carbonyl (C=O) groups excluding carboxylic acids is 1. The van der Waals surface area contributed by atoms with Crippen LogP contribution in [0.2, 0.25) is 0 Å². The van der Waals surface area contributed by atoms with E-state index in [1.165, 1.54) is 19.4 Å². The number of Topliss-reactive ketones (excluding diaryl/α,β-unsaturated/α-hetero) is 1. The Bertz CT molecular complexity index is 486. The first kappa shape index (κ1) is 13.6. The standard InChI is InChI=1S/C16H22N2O2/c1-12-9-17-8-2-3-14(17)10-18(12)11-16(20)13-4-6-15(19)7-5-13/h4-7,12,14,19H,2-3,8-11H2,1H3. The Morgan fingerprint density at radius 1 is 1.30 bits per heavy atom. The lowest BCUT2D eigenvalue weighted by atomic mass is 10.1. The van der Waals surface area contributed by atoms with Gasteiger partial charge in [0.15, 0.2) is 5.78 Å². The number of rotatable bonds is 3. The molecule has 3 rings (SSSR count). The van der Waals surface area contributed by atoms with Crippen molar-refractivity contribution in [1.29, 1.82) is 0 Å². The second-order valence-corrected chi connectivity index (χ2v) is 6.04. The quantitative estimate of drug-likeness (QED) is 0.853. The van der Waals surface area contributed by atoms with Gasteiger partial charge in [-0.05, 0) is 50.6 Å². The van der Waals surface area contributed by atoms with Crippen molar-refractivity contribution in [2.45, 2.75) is 31.8 Å². The third kappa shape index (κ3) is 2.72. The molecule has 0 saturated carbocycles. The zero-order valence-corrected chi connectivity index (χ0v) is 12.0. The fraction of sp³-hybridized carbons (Fsp3) is 0.562. The molecule has 0 bridgehead atoms. The van der Waals surface area contributed by atoms with Gasteiger partial charge in [0.2, 0.25) is 0 Å². The zero-order valence-electron chi connectivity index (χ0n) is 12.0. The van der Waals surface area contributed by atoms with Crippen LogP contribution in [0.1, 0.15) is 30.1 Å². The first-order valence-corrected chi connectivity index (χ1v) is 7.44. The molecule has 1 aromatic rings. The highest BCUT2D eigenvalue weighted by Crippen LogP contribution is 2.24. The average molecular weight is 274 g/mol. The molecule has 0 radical (unpaired) electrons. The van der Waals surface area contributed by atoms with Crippen LogP contribution in [0.5, 0.6) is 5.75 Å². The molecule has 0 aliphatic carbocycles. The van der Waals surface area contributed by atoms with Gasteiger partial charge in [0.25, 0.3) is 0 Å². The zero-order chi connectivity index (χ0) is 14.1. The molecule has 1 aromatic carbocycles. The summed E-state index contributed by atoms with van der Waals surface area (Å²) < 4.78 is 0. The molecular formula is C16H22N2O2. The first-order valence-electron chi connectivity index (χ1n) is 7.44. The Morgan fingerprint density at radius 3 is 2.80 bits per heavy atom. The lowest BCUT2D eigenvalue weighted by molar-refractivity contribution is 0.0535. The van der Waals surface area contributed by atoms with Crippen LogP contribution in [0.25, 0.3) is 0 Å². The highest BCUT2D eigenvalue weighted by molar-refractivity contribution is 5.97. The summed E-state index contributed by atoms with van der Waals surface area (Å²) >= 11 is 0. The van der Waals surface area contributed by atoms with E-state index in [0.29, 0.717) is 24.2 Å². The minimum absolute atomic E-state index is 0.142. The van der Waals surface area contributed by atoms with Crippen molar-refractivity contribution >= 4 is 5.78 Å². The monoisotopic (exact) mass is 274 g/mol. The van der Waals surface area contributed by atoms with Crippen LogP contribution in [0, 0.1) is 0 Å². The van der Waals surface area contributed by atoms with Crippen LogP contribution in [-0.4, -0.2) is 59.0 Å². The molecule has 0 spiro atoms. The lowest BCUT2D eigenvalue weighted by Crippen LogP contribution is -2.55. The largest absolute Gasteiger partial charge is 0.508 e. The van der Waals surface area contributed by atoms with E-state index >= 15 is 0 Å². The van der Waals surface area contributed by atoms with Crippen molar-refractivity contribution in [3.05, 3.63) is 29.8 Å². The van der Waals surface area contributed by atoms with Crippen LogP contribution in [0.3, 0.4) is 0 Å². The maximum absolute atomic E-state index is 12.3. The average Bonchev–Trinajstić information content (AvgIpc) is 2.87. The fourth-order valence-electron chi connectivity index (χ4n) is 3.39. The minimum Gasteiger partial charge on any atom is -0.508 e. The second kappa shape index (κ2) is 5.54. The summed E-state index contributed by atoms with van der Waals surface area (Å²) in [7, 11) is 0. The molecule has 4 nitrogen and oxygen atoms in total. The van der Waals surface area contributed by atoms with Crippen molar-refractivity contribution in [2.75, 3.05) is 26.2 Å². The highest BCUT2D eigenvalue weighted by atomic mass is 16.3. The number of nitrogens with zero attached hydrogens (tertiary/aromatic N) is 2. The molecule has 1 N–H and O–H groups in total. The van der Waals surface area contributed by atoms with Gasteiger partial charge < -0.3 is 5.11 Å². The third-order valence-corrected chi connectivity index (χ3v) is 4.60. The molecule has 2 fully saturated rings. The second-order valence-electron chi connectivity index (χ2n) is 6.04. The summed E-state index contributed by atoms with van der Waals surface area (Å²) in [6.07, 6.45) is 2.55. The predicted octanol–water partition coefficient (Wildman–Crippen LogP) is 1.74. The number of phenols is 1. The van der Waals surface area contributed by atoms with Crippen LogP contribution in [-0.2, 0) is 0 Å². The topological polar surface area (TPSA) is 43.8 Å². The fourth-order valence-corrected chi connectivity index (χ4v) is 3.39. The van der Waals surface area contributed by atoms with Gasteiger partial charge >= 0.3 is 0 Å². The Morgan fingerprint density at radius 2 is 2.05 bits per heavy atom. The van der Waals surface area contributed by atoms with Crippen LogP contribution in [0.4, 0.5) is 0 Å². The normalized spacial score (nSPS) is 27.4. The number of phenolic OH excluding ortho intramolecular Hbond substituents is 1. The molecule has 4 heteroatoms.